The average molecular weight is 495 g/mol. The third kappa shape index (κ3) is 7.76. The second-order valence-corrected chi connectivity index (χ2v) is 8.89. The van der Waals surface area contributed by atoms with Crippen LogP contribution in [0.4, 0.5) is 0 Å². The van der Waals surface area contributed by atoms with Gasteiger partial charge in [0.2, 0.25) is 5.91 Å². The molecular formula is C28H31ClN2O4. The third-order valence-corrected chi connectivity index (χ3v) is 5.64. The Morgan fingerprint density at radius 1 is 0.886 bits per heavy atom. The van der Waals surface area contributed by atoms with Crippen LogP contribution in [-0.2, 0) is 22.6 Å². The summed E-state index contributed by atoms with van der Waals surface area (Å²) in [6, 6.07) is 23.2. The second-order valence-electron chi connectivity index (χ2n) is 8.46. The zero-order valence-corrected chi connectivity index (χ0v) is 21.0. The van der Waals surface area contributed by atoms with Gasteiger partial charge < -0.3 is 19.7 Å². The summed E-state index contributed by atoms with van der Waals surface area (Å²) in [5, 5.41) is 3.57. The highest BCUT2D eigenvalue weighted by Crippen LogP contribution is 2.26. The number of carbonyl (C=O) groups excluding carboxylic acids is 2. The molecule has 3 rings (SSSR count). The Morgan fingerprint density at radius 3 is 2.14 bits per heavy atom. The number of nitrogens with zero attached hydrogens (tertiary/aromatic N) is 1. The van der Waals surface area contributed by atoms with E-state index in [4.69, 9.17) is 21.1 Å². The van der Waals surface area contributed by atoms with Gasteiger partial charge >= 0.3 is 0 Å². The summed E-state index contributed by atoms with van der Waals surface area (Å²) in [5.74, 6) is 0.457. The van der Waals surface area contributed by atoms with Crippen molar-refractivity contribution in [2.75, 3.05) is 13.7 Å². The number of carbonyl (C=O) groups is 2. The van der Waals surface area contributed by atoms with Crippen molar-refractivity contribution in [3.63, 3.8) is 0 Å². The van der Waals surface area contributed by atoms with E-state index < -0.39 is 6.04 Å². The molecule has 0 bridgehead atoms. The summed E-state index contributed by atoms with van der Waals surface area (Å²) in [5.41, 5.74) is 1.81. The molecule has 0 spiro atoms. The van der Waals surface area contributed by atoms with Gasteiger partial charge in [0.25, 0.3) is 5.91 Å². The Kier molecular flexibility index (Phi) is 9.56. The lowest BCUT2D eigenvalue weighted by Gasteiger charge is -2.32. The zero-order valence-electron chi connectivity index (χ0n) is 20.2. The molecule has 0 fully saturated rings. The highest BCUT2D eigenvalue weighted by atomic mass is 35.5. The van der Waals surface area contributed by atoms with Crippen LogP contribution in [0.15, 0.2) is 78.9 Å². The molecule has 0 saturated carbocycles. The van der Waals surface area contributed by atoms with E-state index >= 15 is 0 Å². The van der Waals surface area contributed by atoms with E-state index in [1.165, 1.54) is 0 Å². The summed E-state index contributed by atoms with van der Waals surface area (Å²) in [6.45, 7) is 3.78. The Hall–Kier alpha value is -3.51. The average Bonchev–Trinajstić information content (AvgIpc) is 2.86. The Morgan fingerprint density at radius 2 is 1.51 bits per heavy atom. The minimum atomic E-state index is -0.732. The summed E-state index contributed by atoms with van der Waals surface area (Å²) < 4.78 is 11.1. The number of nitrogens with one attached hydrogen (secondary N) is 1. The summed E-state index contributed by atoms with van der Waals surface area (Å²) in [6.07, 6.45) is 0.368. The van der Waals surface area contributed by atoms with Crippen molar-refractivity contribution in [3.05, 3.63) is 95.0 Å². The minimum absolute atomic E-state index is 0.0712. The molecule has 184 valence electrons. The Bertz CT molecular complexity index is 1100. The first-order valence-corrected chi connectivity index (χ1v) is 11.9. The van der Waals surface area contributed by atoms with Crippen LogP contribution in [0.25, 0.3) is 0 Å². The lowest BCUT2D eigenvalue weighted by Crippen LogP contribution is -2.52. The molecular weight excluding hydrogens is 464 g/mol. The number of halogens is 1. The molecule has 1 unspecified atom stereocenters. The maximum absolute atomic E-state index is 13.6. The molecule has 6 nitrogen and oxygen atoms in total. The van der Waals surface area contributed by atoms with Crippen LogP contribution in [-0.4, -0.2) is 42.5 Å². The highest BCUT2D eigenvalue weighted by molar-refractivity contribution is 6.30. The topological polar surface area (TPSA) is 67.9 Å². The minimum Gasteiger partial charge on any atom is -0.493 e. The van der Waals surface area contributed by atoms with Crippen molar-refractivity contribution in [1.29, 1.82) is 0 Å². The van der Waals surface area contributed by atoms with Crippen LogP contribution < -0.4 is 14.8 Å². The van der Waals surface area contributed by atoms with Gasteiger partial charge in [-0.15, -0.1) is 0 Å². The lowest BCUT2D eigenvalue weighted by atomic mass is 10.0. The van der Waals surface area contributed by atoms with Gasteiger partial charge in [-0.2, -0.15) is 0 Å². The summed E-state index contributed by atoms with van der Waals surface area (Å²) in [4.78, 5) is 28.5. The number of hydrogen-bond donors (Lipinski definition) is 1. The number of methoxy groups -OCH3 is 1. The molecule has 0 radical (unpaired) electrons. The quantitative estimate of drug-likeness (QED) is 0.412. The van der Waals surface area contributed by atoms with E-state index in [0.717, 1.165) is 11.1 Å². The fourth-order valence-corrected chi connectivity index (χ4v) is 3.81. The molecule has 0 aliphatic rings. The van der Waals surface area contributed by atoms with Crippen LogP contribution >= 0.6 is 11.6 Å². The maximum atomic E-state index is 13.6. The number of hydrogen-bond acceptors (Lipinski definition) is 4. The Labute approximate surface area is 211 Å². The molecule has 0 saturated heterocycles. The fourth-order valence-electron chi connectivity index (χ4n) is 3.68. The first-order chi connectivity index (χ1) is 16.9. The van der Waals surface area contributed by atoms with Crippen LogP contribution in [0.5, 0.6) is 11.5 Å². The lowest BCUT2D eigenvalue weighted by molar-refractivity contribution is -0.143. The van der Waals surface area contributed by atoms with Crippen LogP contribution in [0, 0.1) is 0 Å². The molecule has 0 heterocycles. The normalized spacial score (nSPS) is 11.6. The van der Waals surface area contributed by atoms with Gasteiger partial charge in [-0.25, -0.2) is 0 Å². The van der Waals surface area contributed by atoms with E-state index in [-0.39, 0.29) is 31.0 Å². The van der Waals surface area contributed by atoms with Gasteiger partial charge in [0.15, 0.2) is 18.1 Å². The molecule has 0 aliphatic carbocycles. The SMILES string of the molecule is COc1ccccc1OCC(=O)N(Cc1ccc(Cl)cc1)C(Cc1ccccc1)C(=O)NC(C)C. The van der Waals surface area contributed by atoms with Gasteiger partial charge in [-0.05, 0) is 49.2 Å². The van der Waals surface area contributed by atoms with E-state index in [0.29, 0.717) is 22.9 Å². The van der Waals surface area contributed by atoms with Crippen molar-refractivity contribution in [2.24, 2.45) is 0 Å². The smallest absolute Gasteiger partial charge is 0.261 e. The van der Waals surface area contributed by atoms with Gasteiger partial charge in [0.05, 0.1) is 7.11 Å². The predicted octanol–water partition coefficient (Wildman–Crippen LogP) is 4.89. The number of rotatable bonds is 11. The van der Waals surface area contributed by atoms with Crippen LogP contribution in [0.2, 0.25) is 5.02 Å². The number of amides is 2. The first kappa shape index (κ1) is 26.1. The van der Waals surface area contributed by atoms with Gasteiger partial charge in [-0.1, -0.05) is 66.2 Å². The van der Waals surface area contributed by atoms with Gasteiger partial charge in [0.1, 0.15) is 6.04 Å². The van der Waals surface area contributed by atoms with Crippen molar-refractivity contribution < 1.29 is 19.1 Å². The number of para-hydroxylation sites is 2. The predicted molar refractivity (Wildman–Crippen MR) is 138 cm³/mol. The van der Waals surface area contributed by atoms with Crippen LogP contribution in [0.3, 0.4) is 0 Å². The molecule has 0 aliphatic heterocycles. The van der Waals surface area contributed by atoms with Crippen molar-refractivity contribution in [2.45, 2.75) is 38.9 Å². The molecule has 7 heteroatoms. The van der Waals surface area contributed by atoms with E-state index in [9.17, 15) is 9.59 Å². The highest BCUT2D eigenvalue weighted by Gasteiger charge is 2.31. The molecule has 1 N–H and O–H groups in total. The standard InChI is InChI=1S/C28H31ClN2O4/c1-20(2)30-28(33)24(17-21-9-5-4-6-10-21)31(18-22-13-15-23(29)16-14-22)27(32)19-35-26-12-8-7-11-25(26)34-3/h4-16,20,24H,17-19H2,1-3H3,(H,30,33). The zero-order chi connectivity index (χ0) is 25.2. The molecule has 3 aromatic rings. The van der Waals surface area contributed by atoms with Crippen LogP contribution in [0.1, 0.15) is 25.0 Å². The molecule has 0 aromatic heterocycles. The molecule has 3 aromatic carbocycles. The van der Waals surface area contributed by atoms with E-state index in [1.54, 1.807) is 36.3 Å². The molecule has 35 heavy (non-hydrogen) atoms. The summed E-state index contributed by atoms with van der Waals surface area (Å²) >= 11 is 6.06. The number of benzene rings is 3. The van der Waals surface area contributed by atoms with Gasteiger partial charge in [-0.3, -0.25) is 9.59 Å². The molecule has 1 atom stereocenters. The van der Waals surface area contributed by atoms with Crippen molar-refractivity contribution in [1.82, 2.24) is 10.2 Å². The summed E-state index contributed by atoms with van der Waals surface area (Å²) in [7, 11) is 1.54. The van der Waals surface area contributed by atoms with Gasteiger partial charge in [0, 0.05) is 24.0 Å². The first-order valence-electron chi connectivity index (χ1n) is 11.5. The monoisotopic (exact) mass is 494 g/mol. The van der Waals surface area contributed by atoms with Crippen molar-refractivity contribution in [3.8, 4) is 11.5 Å². The van der Waals surface area contributed by atoms with Crippen molar-refractivity contribution >= 4 is 23.4 Å². The Balaban J connectivity index is 1.91. The third-order valence-electron chi connectivity index (χ3n) is 5.39. The number of ether oxygens (including phenoxy) is 2. The maximum Gasteiger partial charge on any atom is 0.261 e. The van der Waals surface area contributed by atoms with E-state index in [1.807, 2.05) is 68.4 Å². The largest absolute Gasteiger partial charge is 0.493 e. The fraction of sp³-hybridized carbons (Fsp3) is 0.286. The second kappa shape index (κ2) is 12.8. The molecule has 2 amide bonds. The van der Waals surface area contributed by atoms with E-state index in [2.05, 4.69) is 5.32 Å².